The van der Waals surface area contributed by atoms with Crippen LogP contribution in [-0.4, -0.2) is 52.9 Å². The van der Waals surface area contributed by atoms with Crippen molar-refractivity contribution in [2.45, 2.75) is 13.8 Å². The second kappa shape index (κ2) is 13.5. The monoisotopic (exact) mass is 440 g/mol. The number of rotatable bonds is 2. The summed E-state index contributed by atoms with van der Waals surface area (Å²) in [5.74, 6) is 2.76. The van der Waals surface area contributed by atoms with Crippen molar-refractivity contribution < 1.29 is 28.4 Å². The Morgan fingerprint density at radius 2 is 0.875 bits per heavy atom. The van der Waals surface area contributed by atoms with E-state index in [2.05, 4.69) is 0 Å². The summed E-state index contributed by atoms with van der Waals surface area (Å²) in [6.45, 7) is 7.42. The van der Waals surface area contributed by atoms with E-state index >= 15 is 0 Å². The van der Waals surface area contributed by atoms with Crippen LogP contribution in [0.2, 0.25) is 0 Å². The molecule has 0 aromatic heterocycles. The van der Waals surface area contributed by atoms with Crippen molar-refractivity contribution in [1.29, 1.82) is 0 Å². The second-order valence-electron chi connectivity index (χ2n) is 7.03. The zero-order chi connectivity index (χ0) is 22.4. The zero-order valence-electron chi connectivity index (χ0n) is 18.9. The average Bonchev–Trinajstić information content (AvgIpc) is 2.80. The van der Waals surface area contributed by atoms with E-state index < -0.39 is 0 Å². The molecule has 6 nitrogen and oxygen atoms in total. The number of hydrogen-bond donors (Lipinski definition) is 0. The fourth-order valence-corrected chi connectivity index (χ4v) is 3.15. The lowest BCUT2D eigenvalue weighted by Gasteiger charge is -2.16. The Balaban J connectivity index is 1.63. The second-order valence-corrected chi connectivity index (χ2v) is 7.03. The zero-order valence-corrected chi connectivity index (χ0v) is 18.9. The topological polar surface area (TPSA) is 55.4 Å². The molecule has 1 heterocycles. The molecule has 0 fully saturated rings. The first-order valence-electron chi connectivity index (χ1n) is 11.0. The van der Waals surface area contributed by atoms with E-state index in [0.717, 1.165) is 11.1 Å². The Morgan fingerprint density at radius 3 is 1.25 bits per heavy atom. The molecule has 0 unspecified atom stereocenters. The van der Waals surface area contributed by atoms with E-state index in [1.54, 1.807) is 0 Å². The lowest BCUT2D eigenvalue weighted by molar-refractivity contribution is 0.0640. The van der Waals surface area contributed by atoms with E-state index in [0.29, 0.717) is 75.9 Å². The highest BCUT2D eigenvalue weighted by Crippen LogP contribution is 2.30. The number of allylic oxidation sites excluding steroid dienone is 2. The molecule has 0 atom stereocenters. The van der Waals surface area contributed by atoms with Crippen molar-refractivity contribution in [3.05, 3.63) is 59.7 Å². The van der Waals surface area contributed by atoms with E-state index in [1.165, 1.54) is 0 Å². The SMILES string of the molecule is C/C=C/c1ccc2c(c1)OCCOCCOc1ccc(/C=C/C)cc1OCCOCCO2. The third-order valence-electron chi connectivity index (χ3n) is 4.59. The van der Waals surface area contributed by atoms with Crippen molar-refractivity contribution in [3.63, 3.8) is 0 Å². The molecule has 1 aliphatic rings. The quantitative estimate of drug-likeness (QED) is 0.654. The molecular formula is C26H32O6. The summed E-state index contributed by atoms with van der Waals surface area (Å²) in [5.41, 5.74) is 2.10. The van der Waals surface area contributed by atoms with Gasteiger partial charge in [-0.3, -0.25) is 0 Å². The van der Waals surface area contributed by atoms with Gasteiger partial charge in [-0.25, -0.2) is 0 Å². The predicted octanol–water partition coefficient (Wildman–Crippen LogP) is 5.02. The molecule has 0 aliphatic carbocycles. The van der Waals surface area contributed by atoms with Crippen LogP contribution < -0.4 is 18.9 Å². The molecule has 0 saturated carbocycles. The van der Waals surface area contributed by atoms with Crippen LogP contribution in [0.25, 0.3) is 12.2 Å². The van der Waals surface area contributed by atoms with Gasteiger partial charge in [0.05, 0.1) is 26.4 Å². The number of hydrogen-bond acceptors (Lipinski definition) is 6. The van der Waals surface area contributed by atoms with Gasteiger partial charge in [0.15, 0.2) is 23.0 Å². The molecule has 0 bridgehead atoms. The molecule has 0 radical (unpaired) electrons. The molecule has 0 spiro atoms. The molecule has 6 heteroatoms. The summed E-state index contributed by atoms with van der Waals surface area (Å²) in [6.07, 6.45) is 8.02. The van der Waals surface area contributed by atoms with Gasteiger partial charge in [-0.15, -0.1) is 0 Å². The lowest BCUT2D eigenvalue weighted by Crippen LogP contribution is -2.15. The fourth-order valence-electron chi connectivity index (χ4n) is 3.15. The Bertz CT molecular complexity index is 816. The molecule has 32 heavy (non-hydrogen) atoms. The van der Waals surface area contributed by atoms with Gasteiger partial charge in [0.25, 0.3) is 0 Å². The highest BCUT2D eigenvalue weighted by Gasteiger charge is 2.09. The molecule has 2 aromatic rings. The smallest absolute Gasteiger partial charge is 0.161 e. The Hall–Kier alpha value is -2.96. The van der Waals surface area contributed by atoms with Crippen LogP contribution in [-0.2, 0) is 9.47 Å². The van der Waals surface area contributed by atoms with E-state index in [1.807, 2.05) is 74.5 Å². The highest BCUT2D eigenvalue weighted by atomic mass is 16.6. The van der Waals surface area contributed by atoms with Crippen molar-refractivity contribution in [2.24, 2.45) is 0 Å². The summed E-state index contributed by atoms with van der Waals surface area (Å²) in [5, 5.41) is 0. The van der Waals surface area contributed by atoms with Crippen LogP contribution >= 0.6 is 0 Å². The fraction of sp³-hybridized carbons (Fsp3) is 0.385. The Morgan fingerprint density at radius 1 is 0.500 bits per heavy atom. The summed E-state index contributed by atoms with van der Waals surface area (Å²) < 4.78 is 34.9. The lowest BCUT2D eigenvalue weighted by atomic mass is 10.2. The first-order valence-corrected chi connectivity index (χ1v) is 11.0. The van der Waals surface area contributed by atoms with Crippen LogP contribution in [0, 0.1) is 0 Å². The molecular weight excluding hydrogens is 408 g/mol. The number of fused-ring (bicyclic) bond motifs is 2. The molecule has 0 saturated heterocycles. The first kappa shape index (κ1) is 23.7. The van der Waals surface area contributed by atoms with E-state index in [9.17, 15) is 0 Å². The predicted molar refractivity (Wildman–Crippen MR) is 126 cm³/mol. The van der Waals surface area contributed by atoms with E-state index in [-0.39, 0.29) is 0 Å². The maximum atomic E-state index is 5.92. The van der Waals surface area contributed by atoms with Gasteiger partial charge in [-0.1, -0.05) is 36.4 Å². The highest BCUT2D eigenvalue weighted by molar-refractivity contribution is 5.56. The third-order valence-corrected chi connectivity index (χ3v) is 4.59. The van der Waals surface area contributed by atoms with Crippen molar-refractivity contribution in [2.75, 3.05) is 52.9 Å². The van der Waals surface area contributed by atoms with Gasteiger partial charge >= 0.3 is 0 Å². The molecule has 1 aliphatic heterocycles. The molecule has 172 valence electrons. The minimum absolute atomic E-state index is 0.415. The number of ether oxygens (including phenoxy) is 6. The maximum Gasteiger partial charge on any atom is 0.161 e. The van der Waals surface area contributed by atoms with E-state index in [4.69, 9.17) is 28.4 Å². The van der Waals surface area contributed by atoms with Crippen LogP contribution in [0.15, 0.2) is 48.6 Å². The summed E-state index contributed by atoms with van der Waals surface area (Å²) in [7, 11) is 0. The van der Waals surface area contributed by atoms with Crippen LogP contribution in [0.1, 0.15) is 25.0 Å². The molecule has 0 N–H and O–H groups in total. The molecule has 3 rings (SSSR count). The van der Waals surface area contributed by atoms with Gasteiger partial charge in [0, 0.05) is 0 Å². The average molecular weight is 441 g/mol. The normalized spacial score (nSPS) is 16.6. The van der Waals surface area contributed by atoms with Gasteiger partial charge in [0.2, 0.25) is 0 Å². The van der Waals surface area contributed by atoms with Crippen molar-refractivity contribution in [3.8, 4) is 23.0 Å². The van der Waals surface area contributed by atoms with Gasteiger partial charge in [-0.05, 0) is 49.2 Å². The minimum atomic E-state index is 0.415. The Labute approximate surface area is 190 Å². The first-order chi connectivity index (χ1) is 15.8. The maximum absolute atomic E-state index is 5.92. The standard InChI is InChI=1S/C26H32O6/c1-3-5-21-7-9-23-25(19-21)31-17-13-27-12-16-30-24-10-8-22(6-4-2)20-26(24)32-18-14-28-11-15-29-23/h3-10,19-20H,11-18H2,1-2H3/b5-3+,6-4+. The van der Waals surface area contributed by atoms with Crippen molar-refractivity contribution in [1.82, 2.24) is 0 Å². The summed E-state index contributed by atoms with van der Waals surface area (Å²) in [4.78, 5) is 0. The molecule has 0 amide bonds. The molecule has 2 aromatic carbocycles. The minimum Gasteiger partial charge on any atom is -0.487 e. The van der Waals surface area contributed by atoms with Crippen LogP contribution in [0.5, 0.6) is 23.0 Å². The van der Waals surface area contributed by atoms with Gasteiger partial charge in [-0.2, -0.15) is 0 Å². The summed E-state index contributed by atoms with van der Waals surface area (Å²) in [6, 6.07) is 11.8. The van der Waals surface area contributed by atoms with Crippen LogP contribution in [0.4, 0.5) is 0 Å². The third kappa shape index (κ3) is 7.62. The Kier molecular flexibility index (Phi) is 9.96. The summed E-state index contributed by atoms with van der Waals surface area (Å²) >= 11 is 0. The van der Waals surface area contributed by atoms with Crippen molar-refractivity contribution >= 4 is 12.2 Å². The van der Waals surface area contributed by atoms with Crippen LogP contribution in [0.3, 0.4) is 0 Å². The van der Waals surface area contributed by atoms with Gasteiger partial charge < -0.3 is 28.4 Å². The largest absolute Gasteiger partial charge is 0.487 e. The van der Waals surface area contributed by atoms with Gasteiger partial charge in [0.1, 0.15) is 26.4 Å². The number of benzene rings is 2.